The van der Waals surface area contributed by atoms with Crippen LogP contribution in [0.4, 0.5) is 26.3 Å². The third-order valence-corrected chi connectivity index (χ3v) is 2.28. The number of aliphatic hydroxyl groups is 2. The fraction of sp³-hybridized carbons (Fsp3) is 0.500. The van der Waals surface area contributed by atoms with Gasteiger partial charge in [-0.3, -0.25) is 4.98 Å². The van der Waals surface area contributed by atoms with Gasteiger partial charge in [-0.2, -0.15) is 26.3 Å². The molecule has 112 valence electrons. The van der Waals surface area contributed by atoms with Crippen LogP contribution in [0.25, 0.3) is 0 Å². The van der Waals surface area contributed by atoms with Crippen molar-refractivity contribution in [2.75, 3.05) is 0 Å². The number of halogens is 6. The number of nitrogens with zero attached hydrogens (tertiary/aromatic N) is 1. The number of pyridine rings is 1. The van der Waals surface area contributed by atoms with E-state index < -0.39 is 42.2 Å². The fourth-order valence-electron chi connectivity index (χ4n) is 1.29. The van der Waals surface area contributed by atoms with Gasteiger partial charge in [-0.05, 0) is 17.7 Å². The van der Waals surface area contributed by atoms with Gasteiger partial charge in [0, 0.05) is 54.4 Å². The maximum absolute atomic E-state index is 12.3. The summed E-state index contributed by atoms with van der Waals surface area (Å²) in [4.78, 5) is 3.00. The molecule has 0 aliphatic heterocycles. The maximum Gasteiger partial charge on any atom is 0.433 e. The van der Waals surface area contributed by atoms with Crippen molar-refractivity contribution in [3.8, 4) is 0 Å². The summed E-state index contributed by atoms with van der Waals surface area (Å²) in [5, 5.41) is 18.1. The Hall–Kier alpha value is 0.0266. The fourth-order valence-corrected chi connectivity index (χ4v) is 1.29. The van der Waals surface area contributed by atoms with Gasteiger partial charge in [0.2, 0.25) is 0 Å². The summed E-state index contributed by atoms with van der Waals surface area (Å²) in [5.41, 5.74) is -1.73. The van der Waals surface area contributed by atoms with Crippen molar-refractivity contribution in [2.45, 2.75) is 31.0 Å². The van der Waals surface area contributed by atoms with Crippen molar-refractivity contribution in [1.29, 1.82) is 0 Å². The Kier molecular flexibility index (Phi) is 7.35. The number of alkyl halides is 6. The van der Waals surface area contributed by atoms with Crippen molar-refractivity contribution in [1.82, 2.24) is 4.98 Å². The van der Waals surface area contributed by atoms with Crippen molar-refractivity contribution in [3.05, 3.63) is 29.6 Å². The average Bonchev–Trinajstić information content (AvgIpc) is 2.26. The van der Waals surface area contributed by atoms with E-state index in [0.29, 0.717) is 6.07 Å². The normalized spacial score (nSPS) is 15.4. The van der Waals surface area contributed by atoms with E-state index in [4.69, 9.17) is 5.11 Å². The van der Waals surface area contributed by atoms with Gasteiger partial charge in [-0.25, -0.2) is 0 Å². The number of aliphatic hydroxyl groups excluding tert-OH is 2. The molecule has 0 aliphatic rings. The Morgan fingerprint density at radius 1 is 1.10 bits per heavy atom. The van der Waals surface area contributed by atoms with Crippen LogP contribution in [0.15, 0.2) is 18.3 Å². The summed E-state index contributed by atoms with van der Waals surface area (Å²) in [6.07, 6.45) is -14.8. The third kappa shape index (κ3) is 5.80. The van der Waals surface area contributed by atoms with Crippen LogP contribution in [0.1, 0.15) is 23.8 Å². The molecule has 2 N–H and O–H groups in total. The van der Waals surface area contributed by atoms with Crippen molar-refractivity contribution in [3.63, 3.8) is 0 Å². The second kappa shape index (κ2) is 7.34. The van der Waals surface area contributed by atoms with Crippen molar-refractivity contribution < 1.29 is 78.3 Å². The summed E-state index contributed by atoms with van der Waals surface area (Å²) in [5.74, 6) is 0. The van der Waals surface area contributed by atoms with Gasteiger partial charge in [-0.1, -0.05) is 0 Å². The second-order valence-corrected chi connectivity index (χ2v) is 3.78. The van der Waals surface area contributed by atoms with Gasteiger partial charge in [0.05, 0.1) is 6.10 Å². The van der Waals surface area contributed by atoms with Crippen LogP contribution in [0, 0.1) is 41.7 Å². The summed E-state index contributed by atoms with van der Waals surface area (Å²) in [7, 11) is 0. The smallest absolute Gasteiger partial charge is 0.388 e. The molecule has 0 spiro atoms. The standard InChI is InChI=1S/C10H9F6NO2.Ce/c11-9(12,13)7-3-5(1-2-17-7)6(18)4-8(19)10(14,15)16;/h1-3,6,8,18-19H,4H2;. The van der Waals surface area contributed by atoms with Gasteiger partial charge >= 0.3 is 12.4 Å². The van der Waals surface area contributed by atoms with E-state index in [1.807, 2.05) is 0 Å². The molecule has 0 aromatic carbocycles. The Bertz CT molecular complexity index is 436. The summed E-state index contributed by atoms with van der Waals surface area (Å²) >= 11 is 0. The molecule has 0 aliphatic carbocycles. The zero-order valence-electron chi connectivity index (χ0n) is 9.70. The molecule has 20 heavy (non-hydrogen) atoms. The second-order valence-electron chi connectivity index (χ2n) is 3.78. The number of aromatic nitrogens is 1. The first-order valence-corrected chi connectivity index (χ1v) is 4.98. The minimum atomic E-state index is -4.94. The minimum Gasteiger partial charge on any atom is -0.388 e. The zero-order chi connectivity index (χ0) is 14.8. The van der Waals surface area contributed by atoms with E-state index in [9.17, 15) is 31.4 Å². The predicted octanol–water partition coefficient (Wildman–Crippen LogP) is 2.45. The van der Waals surface area contributed by atoms with Crippen LogP contribution in [0.3, 0.4) is 0 Å². The molecule has 1 heterocycles. The SMILES string of the molecule is OC(CC(O)C(F)(F)F)c1ccnc(C(F)(F)F)c1.[Ce]. The molecule has 1 aromatic rings. The Morgan fingerprint density at radius 3 is 2.10 bits per heavy atom. The van der Waals surface area contributed by atoms with E-state index in [1.54, 1.807) is 0 Å². The topological polar surface area (TPSA) is 53.4 Å². The summed E-state index contributed by atoms with van der Waals surface area (Å²) in [6.45, 7) is 0. The Morgan fingerprint density at radius 2 is 1.65 bits per heavy atom. The van der Waals surface area contributed by atoms with Crippen LogP contribution < -0.4 is 0 Å². The molecular weight excluding hydrogens is 420 g/mol. The van der Waals surface area contributed by atoms with Crippen molar-refractivity contribution >= 4 is 0 Å². The molecule has 0 saturated carbocycles. The monoisotopic (exact) mass is 429 g/mol. The molecule has 0 amide bonds. The van der Waals surface area contributed by atoms with Crippen LogP contribution in [0.2, 0.25) is 0 Å². The molecule has 0 fully saturated rings. The molecule has 10 heteroatoms. The molecule has 2 unspecified atom stereocenters. The number of hydrogen-bond donors (Lipinski definition) is 2. The first-order chi connectivity index (χ1) is 8.51. The van der Waals surface area contributed by atoms with Crippen LogP contribution >= 0.6 is 0 Å². The molecule has 2 atom stereocenters. The van der Waals surface area contributed by atoms with Crippen LogP contribution in [-0.4, -0.2) is 27.5 Å². The van der Waals surface area contributed by atoms with E-state index in [1.165, 1.54) is 0 Å². The Labute approximate surface area is 143 Å². The van der Waals surface area contributed by atoms with Crippen LogP contribution in [-0.2, 0) is 6.18 Å². The first-order valence-electron chi connectivity index (χ1n) is 4.98. The van der Waals surface area contributed by atoms with Gasteiger partial charge in [0.15, 0.2) is 6.10 Å². The molecule has 0 radical (unpaired) electrons. The van der Waals surface area contributed by atoms with E-state index in [0.717, 1.165) is 12.3 Å². The number of rotatable bonds is 3. The average molecular weight is 429 g/mol. The maximum atomic E-state index is 12.3. The zero-order valence-corrected chi connectivity index (χ0v) is 12.8. The third-order valence-electron chi connectivity index (χ3n) is 2.28. The van der Waals surface area contributed by atoms with E-state index in [-0.39, 0.29) is 41.7 Å². The Balaban J connectivity index is 0.00000361. The van der Waals surface area contributed by atoms with E-state index in [2.05, 4.69) is 4.98 Å². The number of hydrogen-bond acceptors (Lipinski definition) is 3. The van der Waals surface area contributed by atoms with Gasteiger partial charge in [-0.15, -0.1) is 0 Å². The van der Waals surface area contributed by atoms with E-state index >= 15 is 0 Å². The van der Waals surface area contributed by atoms with Gasteiger partial charge in [0.25, 0.3) is 0 Å². The summed E-state index contributed by atoms with van der Waals surface area (Å²) < 4.78 is 73.0. The molecule has 0 saturated heterocycles. The quantitative estimate of drug-likeness (QED) is 0.727. The minimum absolute atomic E-state index is 0. The predicted molar refractivity (Wildman–Crippen MR) is 50.9 cm³/mol. The first kappa shape index (κ1) is 20.0. The van der Waals surface area contributed by atoms with Gasteiger partial charge in [0.1, 0.15) is 5.69 Å². The molecule has 1 rings (SSSR count). The molecule has 0 bridgehead atoms. The van der Waals surface area contributed by atoms with Crippen molar-refractivity contribution in [2.24, 2.45) is 0 Å². The molecule has 1 aromatic heterocycles. The molecule has 3 nitrogen and oxygen atoms in total. The molecular formula is C10H9CeF6NO2. The largest absolute Gasteiger partial charge is 0.433 e. The summed E-state index contributed by atoms with van der Waals surface area (Å²) in [6, 6.07) is 1.39. The van der Waals surface area contributed by atoms with Gasteiger partial charge < -0.3 is 10.2 Å². The van der Waals surface area contributed by atoms with Crippen LogP contribution in [0.5, 0.6) is 0 Å².